The summed E-state index contributed by atoms with van der Waals surface area (Å²) in [6.45, 7) is 0.118. The van der Waals surface area contributed by atoms with Crippen molar-refractivity contribution in [3.05, 3.63) is 28.3 Å². The average molecular weight is 255 g/mol. The van der Waals surface area contributed by atoms with Crippen LogP contribution in [0.25, 0.3) is 0 Å². The molecule has 3 N–H and O–H groups in total. The smallest absolute Gasteiger partial charge is 0.273 e. The first-order chi connectivity index (χ1) is 8.58. The van der Waals surface area contributed by atoms with E-state index in [4.69, 9.17) is 20.4 Å². The van der Waals surface area contributed by atoms with Crippen LogP contribution in [0.4, 0.5) is 5.69 Å². The van der Waals surface area contributed by atoms with Gasteiger partial charge < -0.3 is 20.4 Å². The van der Waals surface area contributed by atoms with Crippen LogP contribution in [0.2, 0.25) is 0 Å². The van der Waals surface area contributed by atoms with E-state index in [1.807, 2.05) is 0 Å². The molecule has 0 aliphatic carbocycles. The van der Waals surface area contributed by atoms with Crippen LogP contribution in [0.1, 0.15) is 6.42 Å². The van der Waals surface area contributed by atoms with Crippen LogP contribution in [-0.4, -0.2) is 29.7 Å². The lowest BCUT2D eigenvalue weighted by molar-refractivity contribution is -0.385. The summed E-state index contributed by atoms with van der Waals surface area (Å²) in [6.07, 6.45) is 0.197. The minimum atomic E-state index is -0.532. The summed E-state index contributed by atoms with van der Waals surface area (Å²) in [5.74, 6) is 0.622. The Morgan fingerprint density at radius 3 is 2.83 bits per heavy atom. The second-order valence-electron chi connectivity index (χ2n) is 3.28. The van der Waals surface area contributed by atoms with Gasteiger partial charge in [-0.3, -0.25) is 10.1 Å². The SMILES string of the molecule is COc1ccc([N+](=O)[O-])cc1OCC/C(N)=N/O. The molecular formula is C10H13N3O5. The number of nitro groups is 1. The molecule has 8 nitrogen and oxygen atoms in total. The molecule has 8 heteroatoms. The number of ether oxygens (including phenoxy) is 2. The van der Waals surface area contributed by atoms with E-state index in [0.717, 1.165) is 0 Å². The predicted octanol–water partition coefficient (Wildman–Crippen LogP) is 1.12. The first-order valence-corrected chi connectivity index (χ1v) is 5.00. The number of nitro benzene ring substituents is 1. The normalized spacial score (nSPS) is 11.1. The third kappa shape index (κ3) is 3.51. The summed E-state index contributed by atoms with van der Waals surface area (Å²) in [6, 6.07) is 4.01. The van der Waals surface area contributed by atoms with Gasteiger partial charge in [0.1, 0.15) is 5.84 Å². The number of amidine groups is 1. The van der Waals surface area contributed by atoms with E-state index < -0.39 is 4.92 Å². The van der Waals surface area contributed by atoms with Crippen molar-refractivity contribution in [2.24, 2.45) is 10.9 Å². The summed E-state index contributed by atoms with van der Waals surface area (Å²) < 4.78 is 10.3. The Hall–Kier alpha value is -2.51. The van der Waals surface area contributed by atoms with Crippen molar-refractivity contribution in [1.29, 1.82) is 0 Å². The Morgan fingerprint density at radius 2 is 2.28 bits per heavy atom. The summed E-state index contributed by atoms with van der Waals surface area (Å²) in [5, 5.41) is 21.7. The Balaban J connectivity index is 2.78. The number of methoxy groups -OCH3 is 1. The summed E-state index contributed by atoms with van der Waals surface area (Å²) in [5.41, 5.74) is 5.16. The van der Waals surface area contributed by atoms with E-state index >= 15 is 0 Å². The predicted molar refractivity (Wildman–Crippen MR) is 63.2 cm³/mol. The molecule has 0 saturated heterocycles. The first kappa shape index (κ1) is 13.6. The molecule has 0 aliphatic rings. The highest BCUT2D eigenvalue weighted by Crippen LogP contribution is 2.31. The van der Waals surface area contributed by atoms with E-state index in [9.17, 15) is 10.1 Å². The lowest BCUT2D eigenvalue weighted by Gasteiger charge is -2.09. The molecular weight excluding hydrogens is 242 g/mol. The van der Waals surface area contributed by atoms with Gasteiger partial charge >= 0.3 is 0 Å². The zero-order chi connectivity index (χ0) is 13.5. The molecule has 0 heterocycles. The first-order valence-electron chi connectivity index (χ1n) is 5.00. The molecule has 1 rings (SSSR count). The molecule has 0 radical (unpaired) electrons. The molecule has 0 bridgehead atoms. The van der Waals surface area contributed by atoms with Crippen LogP contribution in [-0.2, 0) is 0 Å². The molecule has 18 heavy (non-hydrogen) atoms. The van der Waals surface area contributed by atoms with E-state index in [-0.39, 0.29) is 30.3 Å². The van der Waals surface area contributed by atoms with Crippen molar-refractivity contribution in [2.75, 3.05) is 13.7 Å². The van der Waals surface area contributed by atoms with Crippen LogP contribution in [0.5, 0.6) is 11.5 Å². The van der Waals surface area contributed by atoms with Gasteiger partial charge in [-0.15, -0.1) is 0 Å². The van der Waals surface area contributed by atoms with Crippen molar-refractivity contribution in [2.45, 2.75) is 6.42 Å². The molecule has 0 amide bonds. The zero-order valence-electron chi connectivity index (χ0n) is 9.70. The quantitative estimate of drug-likeness (QED) is 0.258. The highest BCUT2D eigenvalue weighted by Gasteiger charge is 2.12. The number of non-ortho nitro benzene ring substituents is 1. The fourth-order valence-electron chi connectivity index (χ4n) is 1.21. The van der Waals surface area contributed by atoms with Gasteiger partial charge in [-0.1, -0.05) is 5.16 Å². The zero-order valence-corrected chi connectivity index (χ0v) is 9.70. The number of nitrogens with zero attached hydrogens (tertiary/aromatic N) is 2. The number of hydrogen-bond donors (Lipinski definition) is 2. The number of rotatable bonds is 6. The third-order valence-corrected chi connectivity index (χ3v) is 2.10. The second kappa shape index (κ2) is 6.28. The van der Waals surface area contributed by atoms with Gasteiger partial charge in [-0.2, -0.15) is 0 Å². The maximum atomic E-state index is 10.6. The lowest BCUT2D eigenvalue weighted by Crippen LogP contribution is -2.15. The van der Waals surface area contributed by atoms with Crippen LogP contribution < -0.4 is 15.2 Å². The van der Waals surface area contributed by atoms with E-state index in [1.54, 1.807) is 0 Å². The second-order valence-corrected chi connectivity index (χ2v) is 3.28. The van der Waals surface area contributed by atoms with E-state index in [1.165, 1.54) is 25.3 Å². The Kier molecular flexibility index (Phi) is 4.73. The van der Waals surface area contributed by atoms with Crippen LogP contribution in [0.15, 0.2) is 23.4 Å². The topological polar surface area (TPSA) is 120 Å². The van der Waals surface area contributed by atoms with Crippen LogP contribution in [0.3, 0.4) is 0 Å². The summed E-state index contributed by atoms with van der Waals surface area (Å²) in [4.78, 5) is 10.1. The van der Waals surface area contributed by atoms with Crippen LogP contribution >= 0.6 is 0 Å². The number of hydrogen-bond acceptors (Lipinski definition) is 6. The van der Waals surface area contributed by atoms with Crippen molar-refractivity contribution < 1.29 is 19.6 Å². The van der Waals surface area contributed by atoms with Crippen molar-refractivity contribution >= 4 is 11.5 Å². The molecule has 0 aliphatic heterocycles. The molecule has 0 spiro atoms. The highest BCUT2D eigenvalue weighted by atomic mass is 16.6. The average Bonchev–Trinajstić information content (AvgIpc) is 2.38. The van der Waals surface area contributed by atoms with Gasteiger partial charge in [0.25, 0.3) is 5.69 Å². The van der Waals surface area contributed by atoms with Gasteiger partial charge in [0.05, 0.1) is 24.7 Å². The lowest BCUT2D eigenvalue weighted by atomic mass is 10.3. The Morgan fingerprint density at radius 1 is 1.56 bits per heavy atom. The fourth-order valence-corrected chi connectivity index (χ4v) is 1.21. The number of benzene rings is 1. The molecule has 98 valence electrons. The minimum absolute atomic E-state index is 0.0133. The van der Waals surface area contributed by atoms with Gasteiger partial charge in [-0.05, 0) is 6.07 Å². The Bertz CT molecular complexity index is 461. The van der Waals surface area contributed by atoms with Crippen molar-refractivity contribution in [1.82, 2.24) is 0 Å². The monoisotopic (exact) mass is 255 g/mol. The summed E-state index contributed by atoms with van der Waals surface area (Å²) in [7, 11) is 1.43. The standard InChI is InChI=1S/C10H13N3O5/c1-17-8-3-2-7(13(15)16)6-9(8)18-5-4-10(11)12-14/h2-3,6,14H,4-5H2,1H3,(H2,11,12). The molecule has 0 saturated carbocycles. The van der Waals surface area contributed by atoms with E-state index in [2.05, 4.69) is 5.16 Å². The number of oxime groups is 1. The third-order valence-electron chi connectivity index (χ3n) is 2.10. The van der Waals surface area contributed by atoms with Gasteiger partial charge in [0, 0.05) is 12.5 Å². The molecule has 0 atom stereocenters. The minimum Gasteiger partial charge on any atom is -0.493 e. The largest absolute Gasteiger partial charge is 0.493 e. The number of nitrogens with two attached hydrogens (primary N) is 1. The Labute approximate surface area is 103 Å². The maximum absolute atomic E-state index is 10.6. The van der Waals surface area contributed by atoms with Crippen LogP contribution in [0, 0.1) is 10.1 Å². The maximum Gasteiger partial charge on any atom is 0.273 e. The molecule has 0 unspecified atom stereocenters. The van der Waals surface area contributed by atoms with E-state index in [0.29, 0.717) is 5.75 Å². The van der Waals surface area contributed by atoms with Gasteiger partial charge in [-0.25, -0.2) is 0 Å². The van der Waals surface area contributed by atoms with Gasteiger partial charge in [0.2, 0.25) is 0 Å². The van der Waals surface area contributed by atoms with Crippen molar-refractivity contribution in [3.63, 3.8) is 0 Å². The van der Waals surface area contributed by atoms with Gasteiger partial charge in [0.15, 0.2) is 11.5 Å². The summed E-state index contributed by atoms with van der Waals surface area (Å²) >= 11 is 0. The highest BCUT2D eigenvalue weighted by molar-refractivity contribution is 5.79. The molecule has 1 aromatic carbocycles. The van der Waals surface area contributed by atoms with Crippen molar-refractivity contribution in [3.8, 4) is 11.5 Å². The molecule has 0 fully saturated rings. The fraction of sp³-hybridized carbons (Fsp3) is 0.300. The molecule has 1 aromatic rings. The molecule has 0 aromatic heterocycles.